The van der Waals surface area contributed by atoms with Crippen LogP contribution in [0.4, 0.5) is 16.3 Å². The van der Waals surface area contributed by atoms with Gasteiger partial charge in [-0.25, -0.2) is 9.78 Å². The maximum absolute atomic E-state index is 13.1. The molecule has 3 heterocycles. The lowest BCUT2D eigenvalue weighted by Gasteiger charge is -2.37. The lowest BCUT2D eigenvalue weighted by molar-refractivity contribution is -0.384. The summed E-state index contributed by atoms with van der Waals surface area (Å²) in [6.07, 6.45) is 5.07. The zero-order valence-corrected chi connectivity index (χ0v) is 17.6. The average Bonchev–Trinajstić information content (AvgIpc) is 3.22. The highest BCUT2D eigenvalue weighted by Crippen LogP contribution is 2.29. The molecular weight excluding hydrogens is 398 g/mol. The Labute approximate surface area is 180 Å². The minimum Gasteiger partial charge on any atom is -0.490 e. The van der Waals surface area contributed by atoms with Crippen molar-refractivity contribution in [2.75, 3.05) is 31.6 Å². The quantitative estimate of drug-likeness (QED) is 0.456. The second kappa shape index (κ2) is 8.63. The van der Waals surface area contributed by atoms with Crippen LogP contribution in [0.5, 0.6) is 5.75 Å². The third-order valence-electron chi connectivity index (χ3n) is 5.76. The average molecular weight is 423 g/mol. The van der Waals surface area contributed by atoms with Crippen molar-refractivity contribution in [3.63, 3.8) is 0 Å². The van der Waals surface area contributed by atoms with E-state index in [1.54, 1.807) is 29.1 Å². The van der Waals surface area contributed by atoms with Gasteiger partial charge in [0.15, 0.2) is 11.6 Å². The lowest BCUT2D eigenvalue weighted by Crippen LogP contribution is -2.47. The molecular formula is C22H25N5O4. The first-order valence-corrected chi connectivity index (χ1v) is 10.3. The van der Waals surface area contributed by atoms with E-state index in [9.17, 15) is 14.9 Å². The molecule has 1 aliphatic rings. The Bertz CT molecular complexity index is 1100. The molecule has 0 aliphatic carbocycles. The summed E-state index contributed by atoms with van der Waals surface area (Å²) in [4.78, 5) is 32.1. The number of nitro groups is 1. The van der Waals surface area contributed by atoms with Crippen LogP contribution in [0.2, 0.25) is 0 Å². The van der Waals surface area contributed by atoms with Gasteiger partial charge in [-0.05, 0) is 44.0 Å². The number of hydrogen-bond donors (Lipinski definition) is 0. The number of likely N-dealkylation sites (tertiary alicyclic amines) is 1. The molecule has 0 atom stereocenters. The summed E-state index contributed by atoms with van der Waals surface area (Å²) in [5.74, 6) is 1.58. The van der Waals surface area contributed by atoms with Gasteiger partial charge in [-0.15, -0.1) is 0 Å². The fourth-order valence-corrected chi connectivity index (χ4v) is 4.10. The van der Waals surface area contributed by atoms with Crippen LogP contribution in [0.15, 0.2) is 48.8 Å². The summed E-state index contributed by atoms with van der Waals surface area (Å²) < 4.78 is 7.27. The van der Waals surface area contributed by atoms with Gasteiger partial charge in [0.1, 0.15) is 0 Å². The minimum atomic E-state index is -0.432. The number of pyridine rings is 1. The summed E-state index contributed by atoms with van der Waals surface area (Å²) in [5.41, 5.74) is 0.687. The summed E-state index contributed by atoms with van der Waals surface area (Å²) in [6, 6.07) is 10.2. The molecule has 1 aliphatic heterocycles. The largest absolute Gasteiger partial charge is 0.490 e. The van der Waals surface area contributed by atoms with E-state index in [1.807, 2.05) is 31.0 Å². The number of nitrogens with zero attached hydrogens (tertiary/aromatic N) is 5. The fraction of sp³-hybridized carbons (Fsp3) is 0.364. The molecule has 3 aromatic rings. The Morgan fingerprint density at radius 1 is 1.29 bits per heavy atom. The van der Waals surface area contributed by atoms with E-state index in [1.165, 1.54) is 12.1 Å². The molecule has 4 rings (SSSR count). The maximum atomic E-state index is 13.1. The van der Waals surface area contributed by atoms with Crippen molar-refractivity contribution in [3.05, 3.63) is 58.9 Å². The number of nitro benzene ring substituents is 1. The van der Waals surface area contributed by atoms with Crippen LogP contribution in [0.25, 0.3) is 10.9 Å². The van der Waals surface area contributed by atoms with E-state index in [-0.39, 0.29) is 17.8 Å². The topological polar surface area (TPSA) is 93.7 Å². The maximum Gasteiger partial charge on any atom is 0.328 e. The second-order valence-electron chi connectivity index (χ2n) is 7.56. The van der Waals surface area contributed by atoms with Gasteiger partial charge in [-0.1, -0.05) is 0 Å². The number of non-ortho nitro benzene ring substituents is 1. The van der Waals surface area contributed by atoms with Crippen molar-refractivity contribution in [1.29, 1.82) is 0 Å². The SMILES string of the molecule is CCOc1cccnc1N(C)C1CCN(C(=O)n2ccc3cc([N+](=O)[O-])ccc32)CC1. The number of ether oxygens (including phenoxy) is 1. The van der Waals surface area contributed by atoms with Crippen molar-refractivity contribution >= 4 is 28.4 Å². The predicted octanol–water partition coefficient (Wildman–Crippen LogP) is 3.91. The van der Waals surface area contributed by atoms with Gasteiger partial charge < -0.3 is 14.5 Å². The summed E-state index contributed by atoms with van der Waals surface area (Å²) in [7, 11) is 2.01. The van der Waals surface area contributed by atoms with Crippen molar-refractivity contribution in [2.24, 2.45) is 0 Å². The van der Waals surface area contributed by atoms with Gasteiger partial charge >= 0.3 is 6.03 Å². The normalized spacial score (nSPS) is 14.6. The molecule has 1 saturated heterocycles. The Balaban J connectivity index is 1.45. The molecule has 1 fully saturated rings. The number of anilines is 1. The van der Waals surface area contributed by atoms with Crippen LogP contribution in [0, 0.1) is 10.1 Å². The van der Waals surface area contributed by atoms with E-state index < -0.39 is 4.92 Å². The molecule has 162 valence electrons. The second-order valence-corrected chi connectivity index (χ2v) is 7.56. The molecule has 1 amide bonds. The first-order chi connectivity index (χ1) is 15.0. The number of carbonyl (C=O) groups is 1. The molecule has 0 spiro atoms. The highest BCUT2D eigenvalue weighted by Gasteiger charge is 2.28. The number of fused-ring (bicyclic) bond motifs is 1. The Morgan fingerprint density at radius 2 is 2.06 bits per heavy atom. The molecule has 9 heteroatoms. The Kier molecular flexibility index (Phi) is 5.75. The van der Waals surface area contributed by atoms with E-state index >= 15 is 0 Å². The van der Waals surface area contributed by atoms with Gasteiger partial charge in [0, 0.05) is 56.1 Å². The molecule has 0 unspecified atom stereocenters. The van der Waals surface area contributed by atoms with Crippen molar-refractivity contribution in [3.8, 4) is 5.75 Å². The van der Waals surface area contributed by atoms with Gasteiger partial charge in [0.25, 0.3) is 5.69 Å². The molecule has 2 aromatic heterocycles. The molecule has 0 radical (unpaired) electrons. The number of amides is 1. The highest BCUT2D eigenvalue weighted by atomic mass is 16.6. The predicted molar refractivity (Wildman–Crippen MR) is 118 cm³/mol. The van der Waals surface area contributed by atoms with E-state index in [2.05, 4.69) is 9.88 Å². The van der Waals surface area contributed by atoms with Gasteiger partial charge in [0.05, 0.1) is 17.0 Å². The van der Waals surface area contributed by atoms with Gasteiger partial charge in [-0.2, -0.15) is 0 Å². The molecule has 31 heavy (non-hydrogen) atoms. The zero-order chi connectivity index (χ0) is 22.0. The number of piperidine rings is 1. The first kappa shape index (κ1) is 20.6. The van der Waals surface area contributed by atoms with Crippen LogP contribution in [-0.2, 0) is 0 Å². The van der Waals surface area contributed by atoms with Crippen LogP contribution in [-0.4, -0.2) is 58.2 Å². The third kappa shape index (κ3) is 4.03. The standard InChI is InChI=1S/C22H25N5O4/c1-3-31-20-5-4-11-23-21(20)24(2)17-9-12-25(13-10-17)22(28)26-14-8-16-15-18(27(29)30)6-7-19(16)26/h4-8,11,14-15,17H,3,9-10,12-13H2,1-2H3. The number of carbonyl (C=O) groups excluding carboxylic acids is 1. The Hall–Kier alpha value is -3.62. The van der Waals surface area contributed by atoms with Crippen LogP contribution in [0.3, 0.4) is 0 Å². The first-order valence-electron chi connectivity index (χ1n) is 10.3. The Morgan fingerprint density at radius 3 is 2.77 bits per heavy atom. The lowest BCUT2D eigenvalue weighted by atomic mass is 10.0. The van der Waals surface area contributed by atoms with Crippen molar-refractivity contribution in [2.45, 2.75) is 25.8 Å². The number of benzene rings is 1. The van der Waals surface area contributed by atoms with Gasteiger partial charge in [-0.3, -0.25) is 14.7 Å². The smallest absolute Gasteiger partial charge is 0.328 e. The van der Waals surface area contributed by atoms with Gasteiger partial charge in [0.2, 0.25) is 0 Å². The van der Waals surface area contributed by atoms with E-state index in [4.69, 9.17) is 4.74 Å². The monoisotopic (exact) mass is 423 g/mol. The zero-order valence-electron chi connectivity index (χ0n) is 17.6. The third-order valence-corrected chi connectivity index (χ3v) is 5.76. The molecule has 9 nitrogen and oxygen atoms in total. The fourth-order valence-electron chi connectivity index (χ4n) is 4.10. The molecule has 1 aromatic carbocycles. The summed E-state index contributed by atoms with van der Waals surface area (Å²) >= 11 is 0. The highest BCUT2D eigenvalue weighted by molar-refractivity contribution is 5.92. The van der Waals surface area contributed by atoms with Crippen molar-refractivity contribution < 1.29 is 14.5 Å². The molecule has 0 saturated carbocycles. The van der Waals surface area contributed by atoms with Crippen LogP contribution < -0.4 is 9.64 Å². The van der Waals surface area contributed by atoms with E-state index in [0.29, 0.717) is 30.6 Å². The number of aromatic nitrogens is 2. The summed E-state index contributed by atoms with van der Waals surface area (Å²) in [6.45, 7) is 3.77. The van der Waals surface area contributed by atoms with Crippen LogP contribution in [0.1, 0.15) is 19.8 Å². The van der Waals surface area contributed by atoms with Crippen molar-refractivity contribution in [1.82, 2.24) is 14.5 Å². The summed E-state index contributed by atoms with van der Waals surface area (Å²) in [5, 5.41) is 11.7. The minimum absolute atomic E-state index is 0.0162. The molecule has 0 bridgehead atoms. The number of hydrogen-bond acceptors (Lipinski definition) is 6. The number of rotatable bonds is 5. The molecule has 0 N–H and O–H groups in total. The van der Waals surface area contributed by atoms with E-state index in [0.717, 1.165) is 24.4 Å². The van der Waals surface area contributed by atoms with Crippen LogP contribution >= 0.6 is 0 Å².